The SMILES string of the molecule is C=CC(=O)OCC(O)CC(=O)C(F)(F)C(F)(F)C(F)(F)C(F)(F)C(F)(F)C(F)(F)C(F)(F)C(F)(F)C(F)(F)F. The van der Waals surface area contributed by atoms with Gasteiger partial charge in [-0.05, 0) is 0 Å². The summed E-state index contributed by atoms with van der Waals surface area (Å²) >= 11 is 0. The van der Waals surface area contributed by atoms with Crippen molar-refractivity contribution >= 4 is 11.8 Å². The highest BCUT2D eigenvalue weighted by Gasteiger charge is 2.97. The van der Waals surface area contributed by atoms with E-state index in [4.69, 9.17) is 5.11 Å². The van der Waals surface area contributed by atoms with Crippen LogP contribution in [0.1, 0.15) is 6.42 Å². The molecule has 0 bridgehead atoms. The van der Waals surface area contributed by atoms with Gasteiger partial charge < -0.3 is 9.84 Å². The summed E-state index contributed by atoms with van der Waals surface area (Å²) in [6.07, 6.45) is -13.1. The van der Waals surface area contributed by atoms with Crippen molar-refractivity contribution in [1.82, 2.24) is 0 Å². The summed E-state index contributed by atoms with van der Waals surface area (Å²) in [4.78, 5) is 21.9. The fraction of sp³-hybridized carbons (Fsp3) is 0.750. The lowest BCUT2D eigenvalue weighted by Gasteiger charge is -2.43. The molecule has 0 spiro atoms. The van der Waals surface area contributed by atoms with E-state index in [9.17, 15) is 93.0 Å². The van der Waals surface area contributed by atoms with Gasteiger partial charge in [0.15, 0.2) is 0 Å². The van der Waals surface area contributed by atoms with Crippen LogP contribution in [0.5, 0.6) is 0 Å². The highest BCUT2D eigenvalue weighted by atomic mass is 19.4. The molecule has 0 saturated heterocycles. The van der Waals surface area contributed by atoms with E-state index >= 15 is 0 Å². The topological polar surface area (TPSA) is 63.6 Å². The van der Waals surface area contributed by atoms with Crippen molar-refractivity contribution in [1.29, 1.82) is 0 Å². The largest absolute Gasteiger partial charge is 0.460 e. The molecule has 0 aromatic heterocycles. The van der Waals surface area contributed by atoms with E-state index in [1.54, 1.807) is 0 Å². The second-order valence-electron chi connectivity index (χ2n) is 7.21. The van der Waals surface area contributed by atoms with E-state index < -0.39 is 84.4 Å². The molecule has 0 radical (unpaired) electrons. The van der Waals surface area contributed by atoms with Crippen molar-refractivity contribution in [3.05, 3.63) is 12.7 Å². The quantitative estimate of drug-likeness (QED) is 0.163. The summed E-state index contributed by atoms with van der Waals surface area (Å²) in [5.41, 5.74) is 0. The van der Waals surface area contributed by atoms with E-state index in [0.717, 1.165) is 0 Å². The number of ketones is 1. The maximum Gasteiger partial charge on any atom is 0.460 e. The summed E-state index contributed by atoms with van der Waals surface area (Å²) in [5, 5.41) is 9.11. The number of Topliss-reactive ketones (excluding diaryl/α,β-unsaturated/α-hetero) is 1. The number of hydrogen-bond donors (Lipinski definition) is 1. The van der Waals surface area contributed by atoms with E-state index in [2.05, 4.69) is 11.3 Å². The maximum absolute atomic E-state index is 13.7. The van der Waals surface area contributed by atoms with Gasteiger partial charge in [0.25, 0.3) is 0 Å². The maximum atomic E-state index is 13.7. The number of halogens is 19. The van der Waals surface area contributed by atoms with E-state index in [1.807, 2.05) is 0 Å². The molecule has 0 saturated carbocycles. The zero-order valence-electron chi connectivity index (χ0n) is 17.6. The first-order chi connectivity index (χ1) is 16.8. The van der Waals surface area contributed by atoms with Gasteiger partial charge in [0.2, 0.25) is 5.78 Å². The first-order valence-corrected chi connectivity index (χ1v) is 8.87. The van der Waals surface area contributed by atoms with Crippen LogP contribution in [-0.4, -0.2) is 83.1 Å². The van der Waals surface area contributed by atoms with Gasteiger partial charge in [-0.3, -0.25) is 4.79 Å². The Hall–Kier alpha value is -2.49. The minimum Gasteiger partial charge on any atom is -0.460 e. The van der Waals surface area contributed by atoms with Crippen LogP contribution in [0.25, 0.3) is 0 Å². The predicted molar refractivity (Wildman–Crippen MR) is 82.4 cm³/mol. The Balaban J connectivity index is 6.64. The van der Waals surface area contributed by atoms with Crippen LogP contribution in [0.2, 0.25) is 0 Å². The third kappa shape index (κ3) is 5.33. The summed E-state index contributed by atoms with van der Waals surface area (Å²) < 4.78 is 255. The Morgan fingerprint density at radius 2 is 0.923 bits per heavy atom. The Labute approximate surface area is 201 Å². The monoisotopic (exact) mass is 626 g/mol. The Morgan fingerprint density at radius 3 is 1.23 bits per heavy atom. The normalized spacial score (nSPS) is 16.1. The molecule has 0 aromatic rings. The number of carbonyl (C=O) groups excluding carboxylic acids is 2. The second kappa shape index (κ2) is 10.2. The smallest absolute Gasteiger partial charge is 0.460 e. The zero-order chi connectivity index (χ0) is 32.1. The molecule has 0 aliphatic rings. The highest BCUT2D eigenvalue weighted by Crippen LogP contribution is 2.65. The average molecular weight is 626 g/mol. The van der Waals surface area contributed by atoms with Crippen LogP contribution in [0.3, 0.4) is 0 Å². The minimum absolute atomic E-state index is 0.310. The lowest BCUT2D eigenvalue weighted by molar-refractivity contribution is -0.467. The molecule has 0 amide bonds. The summed E-state index contributed by atoms with van der Waals surface area (Å²) in [6.45, 7) is 1.14. The Bertz CT molecular complexity index is 936. The molecule has 1 N–H and O–H groups in total. The Kier molecular flexibility index (Phi) is 9.51. The van der Waals surface area contributed by atoms with E-state index in [1.165, 1.54) is 0 Å². The van der Waals surface area contributed by atoms with Gasteiger partial charge in [0, 0.05) is 12.5 Å². The van der Waals surface area contributed by atoms with Gasteiger partial charge in [-0.15, -0.1) is 0 Å². The third-order valence-electron chi connectivity index (χ3n) is 4.47. The summed E-state index contributed by atoms with van der Waals surface area (Å²) in [6, 6.07) is 0. The molecule has 0 rings (SSSR count). The number of aliphatic hydroxyl groups excluding tert-OH is 1. The van der Waals surface area contributed by atoms with Crippen molar-refractivity contribution in [2.75, 3.05) is 6.61 Å². The van der Waals surface area contributed by atoms with Crippen molar-refractivity contribution in [2.45, 2.75) is 66.1 Å². The number of esters is 1. The van der Waals surface area contributed by atoms with Crippen LogP contribution >= 0.6 is 0 Å². The number of rotatable bonds is 13. The third-order valence-corrected chi connectivity index (χ3v) is 4.47. The zero-order valence-corrected chi connectivity index (χ0v) is 17.6. The van der Waals surface area contributed by atoms with Gasteiger partial charge in [0.05, 0.1) is 6.10 Å². The molecule has 23 heteroatoms. The molecular formula is C16H9F19O4. The van der Waals surface area contributed by atoms with Crippen LogP contribution in [-0.2, 0) is 14.3 Å². The van der Waals surface area contributed by atoms with E-state index in [-0.39, 0.29) is 0 Å². The molecule has 230 valence electrons. The van der Waals surface area contributed by atoms with Crippen molar-refractivity contribution in [3.8, 4) is 0 Å². The number of hydrogen-bond acceptors (Lipinski definition) is 4. The molecule has 0 heterocycles. The Morgan fingerprint density at radius 1 is 0.615 bits per heavy atom. The minimum atomic E-state index is -9.11. The number of aliphatic hydroxyl groups is 1. The van der Waals surface area contributed by atoms with Gasteiger partial charge in [-0.2, -0.15) is 83.4 Å². The molecule has 0 aliphatic heterocycles. The van der Waals surface area contributed by atoms with Crippen LogP contribution in [0, 0.1) is 0 Å². The van der Waals surface area contributed by atoms with Crippen LogP contribution in [0.15, 0.2) is 12.7 Å². The van der Waals surface area contributed by atoms with Crippen molar-refractivity contribution in [2.24, 2.45) is 0 Å². The summed E-state index contributed by atoms with van der Waals surface area (Å²) in [7, 11) is 0. The first-order valence-electron chi connectivity index (χ1n) is 8.87. The van der Waals surface area contributed by atoms with Crippen molar-refractivity contribution in [3.63, 3.8) is 0 Å². The fourth-order valence-corrected chi connectivity index (χ4v) is 2.17. The fourth-order valence-electron chi connectivity index (χ4n) is 2.17. The first kappa shape index (κ1) is 36.5. The number of ether oxygens (including phenoxy) is 1. The van der Waals surface area contributed by atoms with E-state index in [0.29, 0.717) is 6.08 Å². The van der Waals surface area contributed by atoms with Gasteiger partial charge >= 0.3 is 59.5 Å². The highest BCUT2D eigenvalue weighted by molar-refractivity contribution is 5.87. The molecule has 0 fully saturated rings. The molecule has 39 heavy (non-hydrogen) atoms. The lowest BCUT2D eigenvalue weighted by atomic mass is 9.86. The van der Waals surface area contributed by atoms with Crippen LogP contribution < -0.4 is 0 Å². The van der Waals surface area contributed by atoms with Crippen LogP contribution in [0.4, 0.5) is 83.4 Å². The lowest BCUT2D eigenvalue weighted by Crippen LogP contribution is -2.76. The van der Waals surface area contributed by atoms with Gasteiger partial charge in [0.1, 0.15) is 6.61 Å². The molecule has 4 nitrogen and oxygen atoms in total. The molecule has 1 atom stereocenters. The van der Waals surface area contributed by atoms with Crippen molar-refractivity contribution < 1.29 is 103 Å². The molecule has 0 aliphatic carbocycles. The number of alkyl halides is 19. The van der Waals surface area contributed by atoms with Gasteiger partial charge in [-0.1, -0.05) is 6.58 Å². The predicted octanol–water partition coefficient (Wildman–Crippen LogP) is 5.68. The average Bonchev–Trinajstić information content (AvgIpc) is 2.75. The molecule has 0 aromatic carbocycles. The number of carbonyl (C=O) groups is 2. The molecule has 1 unspecified atom stereocenters. The molecular weight excluding hydrogens is 617 g/mol. The standard InChI is InChI=1S/C16H9F19O4/c1-2-7(38)39-4-5(36)3-6(37)8(17,18)9(19,20)10(21,22)11(23,24)12(25,26)13(27,28)14(29,30)15(31,32)16(33,34)35/h2,5,36H,1,3-4H2. The van der Waals surface area contributed by atoms with Gasteiger partial charge in [-0.25, -0.2) is 4.79 Å². The summed E-state index contributed by atoms with van der Waals surface area (Å²) in [5.74, 6) is -74.3. The second-order valence-corrected chi connectivity index (χ2v) is 7.21.